The Morgan fingerprint density at radius 2 is 1.71 bits per heavy atom. The highest BCUT2D eigenvalue weighted by Crippen LogP contribution is 2.13. The highest BCUT2D eigenvalue weighted by Gasteiger charge is 2.24. The first-order chi connectivity index (χ1) is 11.7. The van der Waals surface area contributed by atoms with E-state index in [1.807, 2.05) is 30.3 Å². The lowest BCUT2D eigenvalue weighted by atomic mass is 10.1. The monoisotopic (exact) mass is 324 g/mol. The van der Waals surface area contributed by atoms with E-state index in [4.69, 9.17) is 0 Å². The van der Waals surface area contributed by atoms with Gasteiger partial charge < -0.3 is 15.5 Å². The van der Waals surface area contributed by atoms with Crippen LogP contribution < -0.4 is 10.6 Å². The number of amides is 3. The molecule has 1 fully saturated rings. The van der Waals surface area contributed by atoms with Crippen LogP contribution in [0.25, 0.3) is 0 Å². The average Bonchev–Trinajstić information content (AvgIpc) is 2.64. The Bertz CT molecular complexity index is 683. The van der Waals surface area contributed by atoms with Crippen LogP contribution in [-0.2, 0) is 0 Å². The largest absolute Gasteiger partial charge is 0.348 e. The quantitative estimate of drug-likeness (QED) is 0.911. The first-order valence-corrected chi connectivity index (χ1v) is 8.05. The molecule has 6 nitrogen and oxygen atoms in total. The van der Waals surface area contributed by atoms with E-state index in [0.29, 0.717) is 18.8 Å². The molecule has 24 heavy (non-hydrogen) atoms. The van der Waals surface area contributed by atoms with Crippen molar-refractivity contribution in [2.24, 2.45) is 0 Å². The van der Waals surface area contributed by atoms with Crippen molar-refractivity contribution in [1.82, 2.24) is 15.2 Å². The lowest BCUT2D eigenvalue weighted by molar-refractivity contribution is 0.0914. The highest BCUT2D eigenvalue weighted by atomic mass is 16.2. The summed E-state index contributed by atoms with van der Waals surface area (Å²) in [6, 6.07) is 14.6. The van der Waals surface area contributed by atoms with Crippen molar-refractivity contribution in [3.8, 4) is 0 Å². The smallest absolute Gasteiger partial charge is 0.321 e. The Kier molecular flexibility index (Phi) is 5.05. The van der Waals surface area contributed by atoms with Crippen LogP contribution in [0.4, 0.5) is 10.5 Å². The fraction of sp³-hybridized carbons (Fsp3) is 0.278. The second kappa shape index (κ2) is 7.59. The van der Waals surface area contributed by atoms with Gasteiger partial charge in [0.25, 0.3) is 5.91 Å². The minimum absolute atomic E-state index is 0.0697. The summed E-state index contributed by atoms with van der Waals surface area (Å²) in [5, 5.41) is 5.87. The minimum atomic E-state index is -0.164. The number of para-hydroxylation sites is 1. The standard InChI is InChI=1S/C18H20N4O2/c23-17(16-8-4-5-11-19-16)20-15-9-12-22(13-10-15)18(24)21-14-6-2-1-3-7-14/h1-8,11,15H,9-10,12-13H2,(H,20,23)(H,21,24). The van der Waals surface area contributed by atoms with Crippen LogP contribution in [0.5, 0.6) is 0 Å². The van der Waals surface area contributed by atoms with Gasteiger partial charge in [-0.3, -0.25) is 9.78 Å². The number of rotatable bonds is 3. The maximum absolute atomic E-state index is 12.2. The van der Waals surface area contributed by atoms with Crippen LogP contribution in [-0.4, -0.2) is 41.0 Å². The topological polar surface area (TPSA) is 74.3 Å². The molecule has 1 aromatic heterocycles. The maximum atomic E-state index is 12.2. The first kappa shape index (κ1) is 16.0. The number of carbonyl (C=O) groups excluding carboxylic acids is 2. The molecule has 2 heterocycles. The molecular weight excluding hydrogens is 304 g/mol. The van der Waals surface area contributed by atoms with Crippen molar-refractivity contribution in [1.29, 1.82) is 0 Å². The van der Waals surface area contributed by atoms with Crippen molar-refractivity contribution in [2.75, 3.05) is 18.4 Å². The van der Waals surface area contributed by atoms with E-state index in [1.54, 1.807) is 29.3 Å². The molecule has 124 valence electrons. The van der Waals surface area contributed by atoms with E-state index in [1.165, 1.54) is 0 Å². The van der Waals surface area contributed by atoms with Crippen LogP contribution in [0.2, 0.25) is 0 Å². The number of nitrogens with one attached hydrogen (secondary N) is 2. The van der Waals surface area contributed by atoms with Gasteiger partial charge in [-0.05, 0) is 37.1 Å². The predicted molar refractivity (Wildman–Crippen MR) is 91.8 cm³/mol. The summed E-state index contributed by atoms with van der Waals surface area (Å²) in [7, 11) is 0. The molecule has 2 N–H and O–H groups in total. The Morgan fingerprint density at radius 3 is 2.38 bits per heavy atom. The molecule has 0 saturated carbocycles. The second-order valence-corrected chi connectivity index (χ2v) is 5.75. The second-order valence-electron chi connectivity index (χ2n) is 5.75. The molecular formula is C18H20N4O2. The van der Waals surface area contributed by atoms with Gasteiger partial charge in [-0.2, -0.15) is 0 Å². The number of benzene rings is 1. The Balaban J connectivity index is 1.47. The van der Waals surface area contributed by atoms with Gasteiger partial charge in [-0.1, -0.05) is 24.3 Å². The highest BCUT2D eigenvalue weighted by molar-refractivity contribution is 5.92. The fourth-order valence-corrected chi connectivity index (χ4v) is 2.71. The lowest BCUT2D eigenvalue weighted by Crippen LogP contribution is -2.47. The Hall–Kier alpha value is -2.89. The maximum Gasteiger partial charge on any atom is 0.321 e. The number of urea groups is 1. The number of hydrogen-bond acceptors (Lipinski definition) is 3. The molecule has 3 rings (SSSR count). The molecule has 0 spiro atoms. The van der Waals surface area contributed by atoms with Gasteiger partial charge in [0.1, 0.15) is 5.69 Å². The van der Waals surface area contributed by atoms with Crippen LogP contribution in [0.15, 0.2) is 54.7 Å². The molecule has 0 aliphatic carbocycles. The SMILES string of the molecule is O=C(NC1CCN(C(=O)Nc2ccccc2)CC1)c1ccccn1. The third-order valence-electron chi connectivity index (χ3n) is 4.04. The van der Waals surface area contributed by atoms with Crippen molar-refractivity contribution in [3.05, 3.63) is 60.4 Å². The number of hydrogen-bond donors (Lipinski definition) is 2. The van der Waals surface area contributed by atoms with E-state index in [-0.39, 0.29) is 18.0 Å². The first-order valence-electron chi connectivity index (χ1n) is 8.05. The lowest BCUT2D eigenvalue weighted by Gasteiger charge is -2.32. The average molecular weight is 324 g/mol. The molecule has 0 bridgehead atoms. The molecule has 6 heteroatoms. The van der Waals surface area contributed by atoms with E-state index in [0.717, 1.165) is 18.5 Å². The van der Waals surface area contributed by atoms with Gasteiger partial charge in [0.05, 0.1) is 0 Å². The summed E-state index contributed by atoms with van der Waals surface area (Å²) in [4.78, 5) is 30.2. The van der Waals surface area contributed by atoms with Crippen LogP contribution >= 0.6 is 0 Å². The van der Waals surface area contributed by atoms with Crippen molar-refractivity contribution in [3.63, 3.8) is 0 Å². The molecule has 1 aliphatic heterocycles. The third-order valence-corrected chi connectivity index (χ3v) is 4.04. The third kappa shape index (κ3) is 4.10. The van der Waals surface area contributed by atoms with Gasteiger partial charge in [-0.15, -0.1) is 0 Å². The van der Waals surface area contributed by atoms with Crippen molar-refractivity contribution >= 4 is 17.6 Å². The summed E-state index contributed by atoms with van der Waals surface area (Å²) in [5.41, 5.74) is 1.20. The summed E-state index contributed by atoms with van der Waals surface area (Å²) in [5.74, 6) is -0.164. The fourth-order valence-electron chi connectivity index (χ4n) is 2.71. The normalized spacial score (nSPS) is 14.9. The zero-order valence-electron chi connectivity index (χ0n) is 13.3. The summed E-state index contributed by atoms with van der Waals surface area (Å²) < 4.78 is 0. The van der Waals surface area contributed by atoms with Gasteiger partial charge >= 0.3 is 6.03 Å². The number of nitrogens with zero attached hydrogens (tertiary/aromatic N) is 2. The zero-order chi connectivity index (χ0) is 16.8. The molecule has 1 aromatic carbocycles. The predicted octanol–water partition coefficient (Wildman–Crippen LogP) is 2.51. The van der Waals surface area contributed by atoms with Gasteiger partial charge in [0.15, 0.2) is 0 Å². The number of likely N-dealkylation sites (tertiary alicyclic amines) is 1. The molecule has 1 saturated heterocycles. The minimum Gasteiger partial charge on any atom is -0.348 e. The number of anilines is 1. The van der Waals surface area contributed by atoms with Crippen molar-refractivity contribution in [2.45, 2.75) is 18.9 Å². The number of carbonyl (C=O) groups is 2. The Morgan fingerprint density at radius 1 is 1.00 bits per heavy atom. The summed E-state index contributed by atoms with van der Waals surface area (Å²) >= 11 is 0. The van der Waals surface area contributed by atoms with E-state index in [2.05, 4.69) is 15.6 Å². The number of piperidine rings is 1. The molecule has 1 aliphatic rings. The zero-order valence-corrected chi connectivity index (χ0v) is 13.3. The molecule has 0 radical (unpaired) electrons. The molecule has 0 atom stereocenters. The van der Waals surface area contributed by atoms with Gasteiger partial charge in [0.2, 0.25) is 0 Å². The van der Waals surface area contributed by atoms with E-state index in [9.17, 15) is 9.59 Å². The van der Waals surface area contributed by atoms with Crippen molar-refractivity contribution < 1.29 is 9.59 Å². The molecule has 2 aromatic rings. The molecule has 0 unspecified atom stereocenters. The van der Waals surface area contributed by atoms with E-state index >= 15 is 0 Å². The Labute approximate surface area is 140 Å². The summed E-state index contributed by atoms with van der Waals surface area (Å²) in [6.45, 7) is 1.23. The summed E-state index contributed by atoms with van der Waals surface area (Å²) in [6.07, 6.45) is 3.08. The van der Waals surface area contributed by atoms with Gasteiger partial charge in [-0.25, -0.2) is 4.79 Å². The molecule has 3 amide bonds. The van der Waals surface area contributed by atoms with Crippen LogP contribution in [0.1, 0.15) is 23.3 Å². The van der Waals surface area contributed by atoms with Gasteiger partial charge in [0, 0.05) is 31.0 Å². The van der Waals surface area contributed by atoms with Crippen LogP contribution in [0, 0.1) is 0 Å². The number of aromatic nitrogens is 1. The number of pyridine rings is 1. The van der Waals surface area contributed by atoms with Crippen LogP contribution in [0.3, 0.4) is 0 Å². The van der Waals surface area contributed by atoms with E-state index < -0.39 is 0 Å².